The van der Waals surface area contributed by atoms with E-state index in [2.05, 4.69) is 15.8 Å². The lowest BCUT2D eigenvalue weighted by molar-refractivity contribution is -0.119. The summed E-state index contributed by atoms with van der Waals surface area (Å²) in [6.45, 7) is 0. The van der Waals surface area contributed by atoms with E-state index in [0.29, 0.717) is 0 Å². The molecule has 1 atom stereocenters. The summed E-state index contributed by atoms with van der Waals surface area (Å²) in [6.07, 6.45) is 0.796. The van der Waals surface area contributed by atoms with Crippen LogP contribution in [0.2, 0.25) is 0 Å². The van der Waals surface area contributed by atoms with E-state index in [9.17, 15) is 4.79 Å². The second kappa shape index (κ2) is 1.79. The van der Waals surface area contributed by atoms with Gasteiger partial charge in [0, 0.05) is 0 Å². The molecule has 5 heteroatoms. The molecule has 0 aromatic carbocycles. The van der Waals surface area contributed by atoms with Crippen molar-refractivity contribution in [3.05, 3.63) is 0 Å². The highest BCUT2D eigenvalue weighted by molar-refractivity contribution is 5.82. The van der Waals surface area contributed by atoms with E-state index in [1.807, 2.05) is 0 Å². The number of primary amides is 1. The predicted molar refractivity (Wildman–Crippen MR) is 27.7 cm³/mol. The number of rotatable bonds is 1. The number of hydrazine groups is 1. The maximum atomic E-state index is 10.2. The van der Waals surface area contributed by atoms with Gasteiger partial charge in [0.1, 0.15) is 0 Å². The Kier molecular flexibility index (Phi) is 1.13. The van der Waals surface area contributed by atoms with Crippen LogP contribution in [0, 0.1) is 0 Å². The molecular formula is C3H6N4O. The van der Waals surface area contributed by atoms with Crippen LogP contribution in [0.25, 0.3) is 0 Å². The summed E-state index contributed by atoms with van der Waals surface area (Å²) in [5.74, 6) is -0.480. The van der Waals surface area contributed by atoms with Gasteiger partial charge in [0.25, 0.3) is 5.91 Å². The Morgan fingerprint density at radius 2 is 2.62 bits per heavy atom. The maximum absolute atomic E-state index is 10.2. The molecule has 1 heterocycles. The van der Waals surface area contributed by atoms with Crippen LogP contribution in [0.4, 0.5) is 0 Å². The first kappa shape index (κ1) is 5.04. The van der Waals surface area contributed by atoms with Crippen LogP contribution in [0.3, 0.4) is 0 Å². The van der Waals surface area contributed by atoms with Crippen molar-refractivity contribution in [1.82, 2.24) is 10.9 Å². The molecule has 1 aliphatic heterocycles. The summed E-state index contributed by atoms with van der Waals surface area (Å²) in [5.41, 5.74) is 9.86. The van der Waals surface area contributed by atoms with Gasteiger partial charge in [0.15, 0.2) is 6.17 Å². The van der Waals surface area contributed by atoms with Gasteiger partial charge in [-0.2, -0.15) is 0 Å². The van der Waals surface area contributed by atoms with Gasteiger partial charge in [-0.1, -0.05) is 0 Å². The lowest BCUT2D eigenvalue weighted by Gasteiger charge is -1.98. The summed E-state index contributed by atoms with van der Waals surface area (Å²) >= 11 is 0. The van der Waals surface area contributed by atoms with E-state index in [4.69, 9.17) is 5.73 Å². The van der Waals surface area contributed by atoms with Crippen LogP contribution < -0.4 is 16.6 Å². The lowest BCUT2D eigenvalue weighted by atomic mass is 10.5. The Morgan fingerprint density at radius 1 is 1.88 bits per heavy atom. The zero-order valence-electron chi connectivity index (χ0n) is 4.09. The van der Waals surface area contributed by atoms with Gasteiger partial charge in [-0.05, 0) is 0 Å². The molecule has 8 heavy (non-hydrogen) atoms. The first-order valence-electron chi connectivity index (χ1n) is 2.13. The SMILES string of the molecule is NC(=O)C1N=CNN1. The van der Waals surface area contributed by atoms with Crippen LogP contribution in [0.15, 0.2) is 4.99 Å². The fourth-order valence-electron chi connectivity index (χ4n) is 0.410. The van der Waals surface area contributed by atoms with Crippen LogP contribution >= 0.6 is 0 Å². The minimum absolute atomic E-state index is 0.480. The monoisotopic (exact) mass is 114 g/mol. The molecule has 1 rings (SSSR count). The topological polar surface area (TPSA) is 79.5 Å². The predicted octanol–water partition coefficient (Wildman–Crippen LogP) is -2.07. The summed E-state index contributed by atoms with van der Waals surface area (Å²) in [5, 5.41) is 0. The minimum atomic E-state index is -0.588. The Morgan fingerprint density at radius 3 is 2.88 bits per heavy atom. The molecule has 0 radical (unpaired) electrons. The zero-order chi connectivity index (χ0) is 5.98. The molecule has 0 saturated carbocycles. The van der Waals surface area contributed by atoms with Crippen molar-refractivity contribution in [2.75, 3.05) is 0 Å². The fraction of sp³-hybridized carbons (Fsp3) is 0.333. The standard InChI is InChI=1S/C3H6N4O/c4-2(8)3-5-1-6-7-3/h1,3,7H,(H2,4,8)(H,5,6). The number of hydrogen-bond donors (Lipinski definition) is 3. The second-order valence-corrected chi connectivity index (χ2v) is 1.37. The number of nitrogens with two attached hydrogens (primary N) is 1. The van der Waals surface area contributed by atoms with E-state index in [0.717, 1.165) is 0 Å². The maximum Gasteiger partial charge on any atom is 0.258 e. The van der Waals surface area contributed by atoms with Gasteiger partial charge in [0.2, 0.25) is 0 Å². The van der Waals surface area contributed by atoms with E-state index in [-0.39, 0.29) is 0 Å². The van der Waals surface area contributed by atoms with E-state index in [1.54, 1.807) is 0 Å². The largest absolute Gasteiger partial charge is 0.367 e. The van der Waals surface area contributed by atoms with Crippen molar-refractivity contribution in [2.24, 2.45) is 10.7 Å². The quantitative estimate of drug-likeness (QED) is 0.366. The molecule has 1 unspecified atom stereocenters. The van der Waals surface area contributed by atoms with Gasteiger partial charge in [-0.15, -0.1) is 0 Å². The van der Waals surface area contributed by atoms with Crippen molar-refractivity contribution >= 4 is 12.2 Å². The number of nitrogens with one attached hydrogen (secondary N) is 2. The fourth-order valence-corrected chi connectivity index (χ4v) is 0.410. The Balaban J connectivity index is 2.48. The van der Waals surface area contributed by atoms with Crippen molar-refractivity contribution < 1.29 is 4.79 Å². The molecule has 0 aromatic rings. The zero-order valence-corrected chi connectivity index (χ0v) is 4.09. The van der Waals surface area contributed by atoms with Crippen molar-refractivity contribution in [3.8, 4) is 0 Å². The molecule has 4 N–H and O–H groups in total. The van der Waals surface area contributed by atoms with Gasteiger partial charge >= 0.3 is 0 Å². The highest BCUT2D eigenvalue weighted by Crippen LogP contribution is 1.83. The molecule has 0 saturated heterocycles. The number of carbonyl (C=O) groups is 1. The van der Waals surface area contributed by atoms with Crippen LogP contribution in [-0.4, -0.2) is 18.4 Å². The molecule has 1 amide bonds. The molecule has 0 spiro atoms. The molecule has 5 nitrogen and oxygen atoms in total. The summed E-state index contributed by atoms with van der Waals surface area (Å²) in [6, 6.07) is 0. The van der Waals surface area contributed by atoms with Crippen LogP contribution in [0.1, 0.15) is 0 Å². The number of amides is 1. The van der Waals surface area contributed by atoms with Crippen molar-refractivity contribution in [1.29, 1.82) is 0 Å². The highest BCUT2D eigenvalue weighted by Gasteiger charge is 2.13. The van der Waals surface area contributed by atoms with Gasteiger partial charge in [-0.25, -0.2) is 10.4 Å². The number of hydrogen-bond acceptors (Lipinski definition) is 4. The molecule has 0 aromatic heterocycles. The number of nitrogens with zero attached hydrogens (tertiary/aromatic N) is 1. The van der Waals surface area contributed by atoms with Gasteiger partial charge in [-0.3, -0.25) is 4.79 Å². The molecule has 1 aliphatic rings. The third kappa shape index (κ3) is 0.760. The first-order chi connectivity index (χ1) is 3.80. The number of carbonyl (C=O) groups excluding carboxylic acids is 1. The number of aliphatic imine (C=N–C) groups is 1. The summed E-state index contributed by atoms with van der Waals surface area (Å²) in [4.78, 5) is 13.8. The van der Waals surface area contributed by atoms with Gasteiger partial charge < -0.3 is 11.2 Å². The normalized spacial score (nSPS) is 25.2. The van der Waals surface area contributed by atoms with Crippen molar-refractivity contribution in [2.45, 2.75) is 6.17 Å². The molecule has 0 bridgehead atoms. The summed E-state index contributed by atoms with van der Waals surface area (Å²) < 4.78 is 0. The Labute approximate surface area is 45.9 Å². The first-order valence-corrected chi connectivity index (χ1v) is 2.13. The lowest BCUT2D eigenvalue weighted by Crippen LogP contribution is -2.40. The van der Waals surface area contributed by atoms with E-state index in [1.165, 1.54) is 6.34 Å². The van der Waals surface area contributed by atoms with Crippen LogP contribution in [-0.2, 0) is 4.79 Å². The average Bonchev–Trinajstić information content (AvgIpc) is 2.12. The molecule has 0 aliphatic carbocycles. The molecule has 44 valence electrons. The molecular weight excluding hydrogens is 108 g/mol. The Bertz CT molecular complexity index is 131. The van der Waals surface area contributed by atoms with Crippen LogP contribution in [0.5, 0.6) is 0 Å². The summed E-state index contributed by atoms with van der Waals surface area (Å²) in [7, 11) is 0. The third-order valence-electron chi connectivity index (χ3n) is 0.778. The Hall–Kier alpha value is -1.10. The average molecular weight is 114 g/mol. The van der Waals surface area contributed by atoms with Gasteiger partial charge in [0.05, 0.1) is 6.34 Å². The van der Waals surface area contributed by atoms with Crippen molar-refractivity contribution in [3.63, 3.8) is 0 Å². The molecule has 0 fully saturated rings. The van der Waals surface area contributed by atoms with E-state index < -0.39 is 12.1 Å². The highest BCUT2D eigenvalue weighted by atomic mass is 16.1. The second-order valence-electron chi connectivity index (χ2n) is 1.37. The third-order valence-corrected chi connectivity index (χ3v) is 0.778. The smallest absolute Gasteiger partial charge is 0.258 e. The minimum Gasteiger partial charge on any atom is -0.367 e. The van der Waals surface area contributed by atoms with E-state index >= 15 is 0 Å².